The quantitative estimate of drug-likeness (QED) is 0.798. The second-order valence-electron chi connectivity index (χ2n) is 4.68. The maximum absolute atomic E-state index is 6.00. The Kier molecular flexibility index (Phi) is 4.43. The molecule has 0 atom stereocenters. The first-order valence-electron chi connectivity index (χ1n) is 6.07. The Balaban J connectivity index is 2.00. The minimum absolute atomic E-state index is 0.726. The highest BCUT2D eigenvalue weighted by molar-refractivity contribution is 7.80. The molecule has 2 rings (SSSR count). The van der Waals surface area contributed by atoms with E-state index in [4.69, 9.17) is 23.8 Å². The summed E-state index contributed by atoms with van der Waals surface area (Å²) in [5, 5.41) is 4.80. The van der Waals surface area contributed by atoms with E-state index in [9.17, 15) is 0 Å². The third-order valence-corrected chi connectivity index (χ3v) is 3.83. The molecule has 1 aliphatic heterocycles. The smallest absolute Gasteiger partial charge is 0.173 e. The molecule has 18 heavy (non-hydrogen) atoms. The van der Waals surface area contributed by atoms with E-state index in [0.29, 0.717) is 0 Å². The van der Waals surface area contributed by atoms with Crippen molar-refractivity contribution in [2.75, 3.05) is 38.5 Å². The van der Waals surface area contributed by atoms with Crippen molar-refractivity contribution in [2.45, 2.75) is 6.92 Å². The molecule has 0 unspecified atom stereocenters. The lowest BCUT2D eigenvalue weighted by atomic mass is 10.2. The molecule has 0 saturated carbocycles. The monoisotopic (exact) mass is 283 g/mol. The highest BCUT2D eigenvalue weighted by Gasteiger charge is 2.16. The molecule has 98 valence electrons. The maximum atomic E-state index is 6.00. The molecule has 3 nitrogen and oxygen atoms in total. The van der Waals surface area contributed by atoms with Gasteiger partial charge in [-0.1, -0.05) is 17.7 Å². The highest BCUT2D eigenvalue weighted by atomic mass is 35.5. The van der Waals surface area contributed by atoms with Crippen LogP contribution in [0.5, 0.6) is 0 Å². The van der Waals surface area contributed by atoms with Crippen molar-refractivity contribution in [1.29, 1.82) is 0 Å². The van der Waals surface area contributed by atoms with Crippen molar-refractivity contribution >= 4 is 34.6 Å². The fourth-order valence-corrected chi connectivity index (χ4v) is 2.40. The molecule has 1 aromatic carbocycles. The van der Waals surface area contributed by atoms with Crippen molar-refractivity contribution in [3.8, 4) is 0 Å². The summed E-state index contributed by atoms with van der Waals surface area (Å²) in [6, 6.07) is 5.80. The third kappa shape index (κ3) is 3.34. The number of aryl methyl sites for hydroxylation is 1. The predicted molar refractivity (Wildman–Crippen MR) is 81.5 cm³/mol. The zero-order valence-electron chi connectivity index (χ0n) is 10.7. The number of hydrogen-bond donors (Lipinski definition) is 1. The Labute approximate surface area is 119 Å². The Morgan fingerprint density at radius 3 is 2.61 bits per heavy atom. The van der Waals surface area contributed by atoms with Gasteiger partial charge in [-0.3, -0.25) is 0 Å². The van der Waals surface area contributed by atoms with Gasteiger partial charge in [-0.05, 0) is 43.9 Å². The summed E-state index contributed by atoms with van der Waals surface area (Å²) in [6.45, 7) is 6.10. The van der Waals surface area contributed by atoms with Gasteiger partial charge in [-0.2, -0.15) is 0 Å². The molecule has 1 heterocycles. The number of nitrogens with one attached hydrogen (secondary N) is 1. The molecule has 0 aliphatic carbocycles. The van der Waals surface area contributed by atoms with Gasteiger partial charge < -0.3 is 15.1 Å². The largest absolute Gasteiger partial charge is 0.346 e. The molecule has 0 spiro atoms. The van der Waals surface area contributed by atoms with Gasteiger partial charge in [0.1, 0.15) is 0 Å². The molecule has 1 N–H and O–H groups in total. The lowest BCUT2D eigenvalue weighted by molar-refractivity contribution is 0.217. The predicted octanol–water partition coefficient (Wildman–Crippen LogP) is 2.59. The molecule has 0 amide bonds. The summed E-state index contributed by atoms with van der Waals surface area (Å²) in [5.41, 5.74) is 2.14. The van der Waals surface area contributed by atoms with Crippen LogP contribution >= 0.6 is 23.8 Å². The average molecular weight is 284 g/mol. The Hall–Kier alpha value is -0.840. The normalized spacial score (nSPS) is 16.7. The number of likely N-dealkylation sites (N-methyl/N-ethyl adjacent to an activating group) is 1. The molecular weight excluding hydrogens is 266 g/mol. The van der Waals surface area contributed by atoms with E-state index in [1.54, 1.807) is 0 Å². The van der Waals surface area contributed by atoms with Gasteiger partial charge in [-0.15, -0.1) is 0 Å². The van der Waals surface area contributed by atoms with Gasteiger partial charge in [0.2, 0.25) is 0 Å². The molecule has 1 fully saturated rings. The van der Waals surface area contributed by atoms with Gasteiger partial charge in [0, 0.05) is 36.9 Å². The summed E-state index contributed by atoms with van der Waals surface area (Å²) < 4.78 is 0. The molecular formula is C13H18ClN3S. The molecule has 1 aromatic rings. The molecule has 0 bridgehead atoms. The lowest BCUT2D eigenvalue weighted by Crippen LogP contribution is -2.48. The second kappa shape index (κ2) is 5.87. The summed E-state index contributed by atoms with van der Waals surface area (Å²) in [6.07, 6.45) is 0. The Morgan fingerprint density at radius 1 is 1.28 bits per heavy atom. The number of anilines is 1. The Morgan fingerprint density at radius 2 is 1.94 bits per heavy atom. The van der Waals surface area contributed by atoms with Crippen LogP contribution in [0.4, 0.5) is 5.69 Å². The highest BCUT2D eigenvalue weighted by Crippen LogP contribution is 2.20. The summed E-state index contributed by atoms with van der Waals surface area (Å²) >= 11 is 11.5. The van der Waals surface area contributed by atoms with Gasteiger partial charge in [-0.25, -0.2) is 0 Å². The summed E-state index contributed by atoms with van der Waals surface area (Å²) in [5.74, 6) is 0. The Bertz CT molecular complexity index is 442. The zero-order valence-corrected chi connectivity index (χ0v) is 12.3. The number of hydrogen-bond acceptors (Lipinski definition) is 2. The van der Waals surface area contributed by atoms with E-state index in [2.05, 4.69) is 22.2 Å². The van der Waals surface area contributed by atoms with E-state index in [1.807, 2.05) is 25.1 Å². The van der Waals surface area contributed by atoms with E-state index in [-0.39, 0.29) is 0 Å². The first-order chi connectivity index (χ1) is 8.56. The lowest BCUT2D eigenvalue weighted by Gasteiger charge is -2.34. The minimum atomic E-state index is 0.726. The molecule has 1 aliphatic rings. The van der Waals surface area contributed by atoms with Crippen LogP contribution in [-0.4, -0.2) is 48.1 Å². The van der Waals surface area contributed by atoms with Gasteiger partial charge in [0.15, 0.2) is 5.11 Å². The van der Waals surface area contributed by atoms with Crippen LogP contribution in [0.3, 0.4) is 0 Å². The first-order valence-corrected chi connectivity index (χ1v) is 6.85. The number of thiocarbonyl (C=S) groups is 1. The molecule has 5 heteroatoms. The van der Waals surface area contributed by atoms with Crippen molar-refractivity contribution in [3.63, 3.8) is 0 Å². The number of benzene rings is 1. The first kappa shape index (κ1) is 13.6. The van der Waals surface area contributed by atoms with Crippen LogP contribution in [0.2, 0.25) is 5.02 Å². The molecule has 0 radical (unpaired) electrons. The fraction of sp³-hybridized carbons (Fsp3) is 0.462. The number of halogens is 1. The van der Waals surface area contributed by atoms with E-state index in [0.717, 1.165) is 47.6 Å². The summed E-state index contributed by atoms with van der Waals surface area (Å²) in [4.78, 5) is 4.51. The van der Waals surface area contributed by atoms with Gasteiger partial charge >= 0.3 is 0 Å². The van der Waals surface area contributed by atoms with Gasteiger partial charge in [0.05, 0.1) is 0 Å². The standard InChI is InChI=1S/C13H18ClN3S/c1-10-3-4-11(14)9-12(10)15-13(18)17-7-5-16(2)6-8-17/h3-4,9H,5-8H2,1-2H3,(H,15,18). The van der Waals surface area contributed by atoms with Gasteiger partial charge in [0.25, 0.3) is 0 Å². The van der Waals surface area contributed by atoms with E-state index >= 15 is 0 Å². The van der Waals surface area contributed by atoms with Crippen LogP contribution < -0.4 is 5.32 Å². The van der Waals surface area contributed by atoms with Crippen LogP contribution in [-0.2, 0) is 0 Å². The van der Waals surface area contributed by atoms with E-state index in [1.165, 1.54) is 0 Å². The average Bonchev–Trinajstić information content (AvgIpc) is 2.34. The van der Waals surface area contributed by atoms with Crippen LogP contribution in [0.25, 0.3) is 0 Å². The maximum Gasteiger partial charge on any atom is 0.173 e. The van der Waals surface area contributed by atoms with Crippen molar-refractivity contribution in [2.24, 2.45) is 0 Å². The third-order valence-electron chi connectivity index (χ3n) is 3.23. The summed E-state index contributed by atoms with van der Waals surface area (Å²) in [7, 11) is 2.13. The molecule has 1 saturated heterocycles. The van der Waals surface area contributed by atoms with Crippen molar-refractivity contribution in [3.05, 3.63) is 28.8 Å². The van der Waals surface area contributed by atoms with Crippen LogP contribution in [0, 0.1) is 6.92 Å². The van der Waals surface area contributed by atoms with Crippen LogP contribution in [0.15, 0.2) is 18.2 Å². The van der Waals surface area contributed by atoms with Crippen LogP contribution in [0.1, 0.15) is 5.56 Å². The van der Waals surface area contributed by atoms with Crippen molar-refractivity contribution in [1.82, 2.24) is 9.80 Å². The number of piperazine rings is 1. The van der Waals surface area contributed by atoms with Crippen molar-refractivity contribution < 1.29 is 0 Å². The second-order valence-corrected chi connectivity index (χ2v) is 5.50. The topological polar surface area (TPSA) is 18.5 Å². The SMILES string of the molecule is Cc1ccc(Cl)cc1NC(=S)N1CCN(C)CC1. The molecule has 0 aromatic heterocycles. The zero-order chi connectivity index (χ0) is 13.1. The number of rotatable bonds is 1. The minimum Gasteiger partial charge on any atom is -0.346 e. The fourth-order valence-electron chi connectivity index (χ4n) is 1.93. The number of nitrogens with zero attached hydrogens (tertiary/aromatic N) is 2. The van der Waals surface area contributed by atoms with E-state index < -0.39 is 0 Å².